The topological polar surface area (TPSA) is 83.0 Å². The summed E-state index contributed by atoms with van der Waals surface area (Å²) < 4.78 is 6.95. The van der Waals surface area contributed by atoms with E-state index in [9.17, 15) is 4.79 Å². The molecule has 0 atom stereocenters. The molecular formula is C11H11BrN4O2. The van der Waals surface area contributed by atoms with E-state index in [0.29, 0.717) is 0 Å². The first kappa shape index (κ1) is 12.6. The predicted octanol–water partition coefficient (Wildman–Crippen LogP) is 1.71. The summed E-state index contributed by atoms with van der Waals surface area (Å²) in [6.07, 6.45) is 0. The lowest BCUT2D eigenvalue weighted by molar-refractivity contribution is 0.0595. The Kier molecular flexibility index (Phi) is 3.33. The van der Waals surface area contributed by atoms with Gasteiger partial charge in [0.2, 0.25) is 5.69 Å². The zero-order chi connectivity index (χ0) is 13.3. The van der Waals surface area contributed by atoms with Crippen LogP contribution in [0.25, 0.3) is 5.69 Å². The standard InChI is InChI=1S/C11H11BrN4O2/c1-6-5-7(3-4-8(6)12)16-10(13)9(14-15-16)11(17)18-2/h3-5H,13H2,1-2H3. The molecule has 2 rings (SSSR count). The first-order chi connectivity index (χ1) is 8.54. The lowest BCUT2D eigenvalue weighted by Gasteiger charge is -2.05. The van der Waals surface area contributed by atoms with Gasteiger partial charge >= 0.3 is 5.97 Å². The number of rotatable bonds is 2. The Balaban J connectivity index is 2.48. The molecule has 2 N–H and O–H groups in total. The van der Waals surface area contributed by atoms with Crippen LogP contribution < -0.4 is 5.73 Å². The van der Waals surface area contributed by atoms with Crippen molar-refractivity contribution in [3.8, 4) is 5.69 Å². The number of nitrogens with two attached hydrogens (primary N) is 1. The van der Waals surface area contributed by atoms with E-state index in [1.807, 2.05) is 25.1 Å². The van der Waals surface area contributed by atoms with Crippen LogP contribution >= 0.6 is 15.9 Å². The van der Waals surface area contributed by atoms with Crippen LogP contribution in [0.2, 0.25) is 0 Å². The van der Waals surface area contributed by atoms with Crippen LogP contribution in [0.3, 0.4) is 0 Å². The number of carbonyl (C=O) groups excluding carboxylic acids is 1. The summed E-state index contributed by atoms with van der Waals surface area (Å²) in [5.41, 5.74) is 7.60. The summed E-state index contributed by atoms with van der Waals surface area (Å²) in [5.74, 6) is -0.448. The van der Waals surface area contributed by atoms with Crippen molar-refractivity contribution in [3.63, 3.8) is 0 Å². The highest BCUT2D eigenvalue weighted by atomic mass is 79.9. The normalized spacial score (nSPS) is 10.4. The van der Waals surface area contributed by atoms with E-state index in [1.54, 1.807) is 0 Å². The molecule has 1 aromatic carbocycles. The fourth-order valence-corrected chi connectivity index (χ4v) is 1.73. The van der Waals surface area contributed by atoms with E-state index < -0.39 is 5.97 Å². The first-order valence-corrected chi connectivity index (χ1v) is 5.90. The van der Waals surface area contributed by atoms with Gasteiger partial charge in [0.1, 0.15) is 0 Å². The molecule has 7 heteroatoms. The number of esters is 1. The van der Waals surface area contributed by atoms with Gasteiger partial charge in [-0.1, -0.05) is 21.1 Å². The molecule has 1 heterocycles. The van der Waals surface area contributed by atoms with Crippen molar-refractivity contribution in [2.75, 3.05) is 12.8 Å². The molecule has 0 fully saturated rings. The Hall–Kier alpha value is -1.89. The number of halogens is 1. The van der Waals surface area contributed by atoms with Gasteiger partial charge in [0.05, 0.1) is 12.8 Å². The molecule has 1 aromatic heterocycles. The number of carbonyl (C=O) groups is 1. The lowest BCUT2D eigenvalue weighted by Crippen LogP contribution is -2.07. The summed E-state index contributed by atoms with van der Waals surface area (Å²) in [5, 5.41) is 7.57. The van der Waals surface area contributed by atoms with Crippen LogP contribution in [0, 0.1) is 6.92 Å². The molecule has 0 aliphatic heterocycles. The first-order valence-electron chi connectivity index (χ1n) is 5.10. The van der Waals surface area contributed by atoms with Crippen LogP contribution in [0.4, 0.5) is 5.82 Å². The molecule has 0 radical (unpaired) electrons. The number of aromatic nitrogens is 3. The SMILES string of the molecule is COC(=O)c1nnn(-c2ccc(Br)c(C)c2)c1N. The van der Waals surface area contributed by atoms with Crippen LogP contribution in [-0.4, -0.2) is 28.1 Å². The van der Waals surface area contributed by atoms with Gasteiger partial charge in [-0.15, -0.1) is 5.10 Å². The zero-order valence-electron chi connectivity index (χ0n) is 9.85. The third-order valence-corrected chi connectivity index (χ3v) is 3.36. The number of hydrogen-bond donors (Lipinski definition) is 1. The van der Waals surface area contributed by atoms with Crippen LogP contribution in [0.1, 0.15) is 16.1 Å². The predicted molar refractivity (Wildman–Crippen MR) is 69.5 cm³/mol. The van der Waals surface area contributed by atoms with Gasteiger partial charge in [-0.3, -0.25) is 0 Å². The van der Waals surface area contributed by atoms with Gasteiger partial charge in [0.15, 0.2) is 5.82 Å². The Morgan fingerprint density at radius 3 is 2.83 bits per heavy atom. The number of hydrogen-bond acceptors (Lipinski definition) is 5. The van der Waals surface area contributed by atoms with Crippen molar-refractivity contribution in [2.45, 2.75) is 6.92 Å². The number of ether oxygens (including phenoxy) is 1. The van der Waals surface area contributed by atoms with E-state index in [1.165, 1.54) is 11.8 Å². The molecule has 94 valence electrons. The number of methoxy groups -OCH3 is 1. The van der Waals surface area contributed by atoms with Crippen molar-refractivity contribution in [2.24, 2.45) is 0 Å². The molecule has 0 saturated heterocycles. The molecule has 0 unspecified atom stereocenters. The third-order valence-electron chi connectivity index (χ3n) is 2.47. The van der Waals surface area contributed by atoms with E-state index in [2.05, 4.69) is 31.0 Å². The Bertz CT molecular complexity index is 609. The smallest absolute Gasteiger partial charge is 0.362 e. The average Bonchev–Trinajstić information content (AvgIpc) is 2.74. The van der Waals surface area contributed by atoms with E-state index >= 15 is 0 Å². The second kappa shape index (κ2) is 4.77. The van der Waals surface area contributed by atoms with Gasteiger partial charge < -0.3 is 10.5 Å². The van der Waals surface area contributed by atoms with E-state index in [0.717, 1.165) is 15.7 Å². The summed E-state index contributed by atoms with van der Waals surface area (Å²) in [6.45, 7) is 1.95. The van der Waals surface area contributed by atoms with Gasteiger partial charge in [0, 0.05) is 4.47 Å². The number of anilines is 1. The average molecular weight is 311 g/mol. The second-order valence-corrected chi connectivity index (χ2v) is 4.51. The third kappa shape index (κ3) is 2.08. The van der Waals surface area contributed by atoms with Crippen molar-refractivity contribution >= 4 is 27.7 Å². The molecule has 0 bridgehead atoms. The maximum Gasteiger partial charge on any atom is 0.362 e. The van der Waals surface area contributed by atoms with Gasteiger partial charge in [-0.05, 0) is 30.7 Å². The minimum absolute atomic E-state index is 0.0121. The van der Waals surface area contributed by atoms with Crippen molar-refractivity contribution < 1.29 is 9.53 Å². The molecule has 0 spiro atoms. The highest BCUT2D eigenvalue weighted by Crippen LogP contribution is 2.21. The largest absolute Gasteiger partial charge is 0.464 e. The Morgan fingerprint density at radius 1 is 1.50 bits per heavy atom. The number of nitrogens with zero attached hydrogens (tertiary/aromatic N) is 3. The molecular weight excluding hydrogens is 300 g/mol. The number of nitrogen functional groups attached to an aromatic ring is 1. The molecule has 0 amide bonds. The van der Waals surface area contributed by atoms with E-state index in [4.69, 9.17) is 5.73 Å². The van der Waals surface area contributed by atoms with Crippen LogP contribution in [0.5, 0.6) is 0 Å². The van der Waals surface area contributed by atoms with Gasteiger partial charge in [-0.2, -0.15) is 4.68 Å². The fourth-order valence-electron chi connectivity index (χ4n) is 1.48. The molecule has 0 saturated carbocycles. The highest BCUT2D eigenvalue weighted by molar-refractivity contribution is 9.10. The lowest BCUT2D eigenvalue weighted by atomic mass is 10.2. The Morgan fingerprint density at radius 2 is 2.22 bits per heavy atom. The number of aryl methyl sites for hydroxylation is 1. The quantitative estimate of drug-likeness (QED) is 0.854. The monoisotopic (exact) mass is 310 g/mol. The van der Waals surface area contributed by atoms with Crippen LogP contribution in [0.15, 0.2) is 22.7 Å². The maximum atomic E-state index is 11.4. The molecule has 6 nitrogen and oxygen atoms in total. The van der Waals surface area contributed by atoms with Crippen molar-refractivity contribution in [3.05, 3.63) is 33.9 Å². The second-order valence-electron chi connectivity index (χ2n) is 3.66. The highest BCUT2D eigenvalue weighted by Gasteiger charge is 2.18. The summed E-state index contributed by atoms with van der Waals surface area (Å²) in [6, 6.07) is 5.59. The molecule has 2 aromatic rings. The fraction of sp³-hybridized carbons (Fsp3) is 0.182. The zero-order valence-corrected chi connectivity index (χ0v) is 11.4. The molecule has 0 aliphatic carbocycles. The maximum absolute atomic E-state index is 11.4. The number of benzene rings is 1. The summed E-state index contributed by atoms with van der Waals surface area (Å²) >= 11 is 3.41. The summed E-state index contributed by atoms with van der Waals surface area (Å²) in [4.78, 5) is 11.4. The summed E-state index contributed by atoms with van der Waals surface area (Å²) in [7, 11) is 1.27. The molecule has 0 aliphatic rings. The Labute approximate surface area is 112 Å². The van der Waals surface area contributed by atoms with Crippen molar-refractivity contribution in [1.82, 2.24) is 15.0 Å². The minimum Gasteiger partial charge on any atom is -0.464 e. The van der Waals surface area contributed by atoms with E-state index in [-0.39, 0.29) is 11.5 Å². The van der Waals surface area contributed by atoms with Gasteiger partial charge in [0.25, 0.3) is 0 Å². The minimum atomic E-state index is -0.604. The van der Waals surface area contributed by atoms with Crippen LogP contribution in [-0.2, 0) is 4.74 Å². The van der Waals surface area contributed by atoms with Crippen molar-refractivity contribution in [1.29, 1.82) is 0 Å². The van der Waals surface area contributed by atoms with Gasteiger partial charge in [-0.25, -0.2) is 4.79 Å². The molecule has 18 heavy (non-hydrogen) atoms.